The molecule has 5 nitrogen and oxygen atoms in total. The molecule has 0 radical (unpaired) electrons. The molecule has 0 bridgehead atoms. The van der Waals surface area contributed by atoms with Gasteiger partial charge in [0.1, 0.15) is 11.3 Å². The van der Waals surface area contributed by atoms with Gasteiger partial charge < -0.3 is 15.6 Å². The van der Waals surface area contributed by atoms with E-state index in [1.165, 1.54) is 0 Å². The van der Waals surface area contributed by atoms with E-state index in [2.05, 4.69) is 4.98 Å². The fraction of sp³-hybridized carbons (Fsp3) is 0.136. The Bertz CT molecular complexity index is 1220. The maximum Gasteiger partial charge on any atom is 0.223 e. The van der Waals surface area contributed by atoms with Crippen LogP contribution in [0.4, 0.5) is 0 Å². The second-order valence-corrected chi connectivity index (χ2v) is 7.51. The van der Waals surface area contributed by atoms with E-state index in [-0.39, 0.29) is 12.4 Å². The SMILES string of the molecule is COc1ccc(-n2cc3c(-c4ccc(Cl)cc4Cl)c(CN)c(C)nc3c2O)cc1. The van der Waals surface area contributed by atoms with Crippen LogP contribution in [0.25, 0.3) is 27.7 Å². The lowest BCUT2D eigenvalue weighted by Crippen LogP contribution is -2.04. The van der Waals surface area contributed by atoms with Crippen molar-refractivity contribution in [2.24, 2.45) is 5.73 Å². The van der Waals surface area contributed by atoms with Crippen LogP contribution in [-0.4, -0.2) is 21.8 Å². The minimum atomic E-state index is 0.0446. The van der Waals surface area contributed by atoms with Gasteiger partial charge in [-0.15, -0.1) is 0 Å². The van der Waals surface area contributed by atoms with E-state index in [9.17, 15) is 5.11 Å². The molecule has 4 rings (SSSR count). The quantitative estimate of drug-likeness (QED) is 0.452. The van der Waals surface area contributed by atoms with Gasteiger partial charge in [-0.05, 0) is 48.9 Å². The smallest absolute Gasteiger partial charge is 0.223 e. The summed E-state index contributed by atoms with van der Waals surface area (Å²) >= 11 is 12.6. The van der Waals surface area contributed by atoms with Crippen molar-refractivity contribution in [3.63, 3.8) is 0 Å². The number of pyridine rings is 1. The standard InChI is InChI=1S/C22H19Cl2N3O2/c1-12-17(10-25)20(16-8-3-13(23)9-19(16)24)18-11-27(22(28)21(18)26-12)14-4-6-15(29-2)7-5-14/h3-9,11,28H,10,25H2,1-2H3. The lowest BCUT2D eigenvalue weighted by atomic mass is 9.96. The Morgan fingerprint density at radius 2 is 1.86 bits per heavy atom. The molecular formula is C22H19Cl2N3O2. The number of rotatable bonds is 4. The van der Waals surface area contributed by atoms with Gasteiger partial charge in [0, 0.05) is 50.7 Å². The zero-order valence-corrected chi connectivity index (χ0v) is 17.4. The maximum absolute atomic E-state index is 10.9. The van der Waals surface area contributed by atoms with Crippen molar-refractivity contribution in [1.29, 1.82) is 0 Å². The zero-order chi connectivity index (χ0) is 20.7. The monoisotopic (exact) mass is 427 g/mol. The Balaban J connectivity index is 2.03. The van der Waals surface area contributed by atoms with Crippen molar-refractivity contribution in [1.82, 2.24) is 9.55 Å². The van der Waals surface area contributed by atoms with Crippen molar-refractivity contribution < 1.29 is 9.84 Å². The van der Waals surface area contributed by atoms with E-state index in [4.69, 9.17) is 33.7 Å². The number of halogens is 2. The molecule has 0 aliphatic rings. The normalized spacial score (nSPS) is 11.2. The molecule has 3 N–H and O–H groups in total. The number of aryl methyl sites for hydroxylation is 1. The third kappa shape index (κ3) is 3.31. The number of aromatic hydroxyl groups is 1. The predicted molar refractivity (Wildman–Crippen MR) is 117 cm³/mol. The molecule has 0 aliphatic carbocycles. The molecule has 2 aromatic carbocycles. The first-order valence-corrected chi connectivity index (χ1v) is 9.73. The van der Waals surface area contributed by atoms with Crippen molar-refractivity contribution in [2.75, 3.05) is 7.11 Å². The number of hydrogen-bond acceptors (Lipinski definition) is 4. The summed E-state index contributed by atoms with van der Waals surface area (Å²) in [5, 5.41) is 12.7. The van der Waals surface area contributed by atoms with Crippen LogP contribution in [0.5, 0.6) is 11.6 Å². The van der Waals surface area contributed by atoms with Crippen LogP contribution < -0.4 is 10.5 Å². The van der Waals surface area contributed by atoms with Gasteiger partial charge in [-0.25, -0.2) is 4.98 Å². The molecule has 0 saturated heterocycles. The summed E-state index contributed by atoms with van der Waals surface area (Å²) in [6.07, 6.45) is 1.85. The van der Waals surface area contributed by atoms with Gasteiger partial charge in [0.15, 0.2) is 0 Å². The molecule has 2 heterocycles. The maximum atomic E-state index is 10.9. The first-order chi connectivity index (χ1) is 13.9. The van der Waals surface area contributed by atoms with Gasteiger partial charge in [0.2, 0.25) is 5.88 Å². The molecule has 0 aliphatic heterocycles. The number of methoxy groups -OCH3 is 1. The minimum Gasteiger partial charge on any atom is -0.497 e. The van der Waals surface area contributed by atoms with Gasteiger partial charge in [-0.1, -0.05) is 29.3 Å². The first kappa shape index (κ1) is 19.6. The predicted octanol–water partition coefficient (Wildman–Crippen LogP) is 5.48. The Morgan fingerprint density at radius 3 is 2.48 bits per heavy atom. The molecule has 0 atom stereocenters. The largest absolute Gasteiger partial charge is 0.497 e. The number of aromatic nitrogens is 2. The number of nitrogens with zero attached hydrogens (tertiary/aromatic N) is 2. The molecule has 0 amide bonds. The van der Waals surface area contributed by atoms with E-state index in [0.717, 1.165) is 39.2 Å². The zero-order valence-electron chi connectivity index (χ0n) is 15.9. The topological polar surface area (TPSA) is 73.3 Å². The minimum absolute atomic E-state index is 0.0446. The number of benzene rings is 2. The average Bonchev–Trinajstić information content (AvgIpc) is 3.03. The summed E-state index contributed by atoms with van der Waals surface area (Å²) in [5.41, 5.74) is 10.6. The fourth-order valence-electron chi connectivity index (χ4n) is 3.55. The Hall–Kier alpha value is -2.73. The number of fused-ring (bicyclic) bond motifs is 1. The molecule has 0 spiro atoms. The van der Waals surface area contributed by atoms with Crippen molar-refractivity contribution in [3.8, 4) is 28.4 Å². The molecule has 4 aromatic rings. The highest BCUT2D eigenvalue weighted by Gasteiger charge is 2.21. The summed E-state index contributed by atoms with van der Waals surface area (Å²) in [6, 6.07) is 12.7. The van der Waals surface area contributed by atoms with Gasteiger partial charge in [-0.3, -0.25) is 4.57 Å². The highest BCUT2D eigenvalue weighted by Crippen LogP contribution is 2.41. The van der Waals surface area contributed by atoms with E-state index < -0.39 is 0 Å². The molecule has 0 fully saturated rings. The first-order valence-electron chi connectivity index (χ1n) is 8.98. The van der Waals surface area contributed by atoms with Gasteiger partial charge in [-0.2, -0.15) is 0 Å². The molecule has 148 valence electrons. The molecule has 0 saturated carbocycles. The van der Waals surface area contributed by atoms with Crippen LogP contribution in [0.2, 0.25) is 10.0 Å². The van der Waals surface area contributed by atoms with Gasteiger partial charge in [0.05, 0.1) is 7.11 Å². The van der Waals surface area contributed by atoms with E-state index in [1.54, 1.807) is 23.8 Å². The molecule has 29 heavy (non-hydrogen) atoms. The van der Waals surface area contributed by atoms with Crippen molar-refractivity contribution in [3.05, 3.63) is 70.0 Å². The third-order valence-electron chi connectivity index (χ3n) is 5.00. The van der Waals surface area contributed by atoms with Crippen LogP contribution in [0, 0.1) is 6.92 Å². The van der Waals surface area contributed by atoms with Crippen LogP contribution in [0.1, 0.15) is 11.3 Å². The van der Waals surface area contributed by atoms with E-state index in [0.29, 0.717) is 15.6 Å². The van der Waals surface area contributed by atoms with Gasteiger partial charge in [0.25, 0.3) is 0 Å². The van der Waals surface area contributed by atoms with E-state index in [1.807, 2.05) is 43.5 Å². The Labute approximate surface area is 178 Å². The highest BCUT2D eigenvalue weighted by molar-refractivity contribution is 6.36. The third-order valence-corrected chi connectivity index (χ3v) is 5.54. The second-order valence-electron chi connectivity index (χ2n) is 6.66. The summed E-state index contributed by atoms with van der Waals surface area (Å²) in [5.74, 6) is 0.779. The lowest BCUT2D eigenvalue weighted by Gasteiger charge is -2.14. The van der Waals surface area contributed by atoms with Crippen LogP contribution >= 0.6 is 23.2 Å². The van der Waals surface area contributed by atoms with Gasteiger partial charge >= 0.3 is 0 Å². The summed E-state index contributed by atoms with van der Waals surface area (Å²) in [7, 11) is 1.61. The van der Waals surface area contributed by atoms with Crippen LogP contribution in [0.15, 0.2) is 48.7 Å². The lowest BCUT2D eigenvalue weighted by molar-refractivity contribution is 0.414. The average molecular weight is 428 g/mol. The van der Waals surface area contributed by atoms with E-state index >= 15 is 0 Å². The summed E-state index contributed by atoms with van der Waals surface area (Å²) < 4.78 is 6.90. The molecule has 7 heteroatoms. The summed E-state index contributed by atoms with van der Waals surface area (Å²) in [4.78, 5) is 4.61. The highest BCUT2D eigenvalue weighted by atomic mass is 35.5. The van der Waals surface area contributed by atoms with Crippen LogP contribution in [-0.2, 0) is 6.54 Å². The number of ether oxygens (including phenoxy) is 1. The fourth-order valence-corrected chi connectivity index (χ4v) is 4.05. The molecular weight excluding hydrogens is 409 g/mol. The van der Waals surface area contributed by atoms with Crippen molar-refractivity contribution in [2.45, 2.75) is 13.5 Å². The number of hydrogen-bond donors (Lipinski definition) is 2. The summed E-state index contributed by atoms with van der Waals surface area (Å²) in [6.45, 7) is 2.16. The van der Waals surface area contributed by atoms with Crippen LogP contribution in [0.3, 0.4) is 0 Å². The number of nitrogens with two attached hydrogens (primary N) is 1. The Morgan fingerprint density at radius 1 is 1.14 bits per heavy atom. The Kier molecular flexibility index (Phi) is 5.13. The second kappa shape index (κ2) is 7.59. The van der Waals surface area contributed by atoms with Crippen molar-refractivity contribution >= 4 is 34.1 Å². The molecule has 2 aromatic heterocycles. The molecule has 0 unspecified atom stereocenters.